The Morgan fingerprint density at radius 2 is 1.78 bits per heavy atom. The quantitative estimate of drug-likeness (QED) is 0.930. The van der Waals surface area contributed by atoms with Crippen LogP contribution in [0, 0.1) is 5.82 Å². The van der Waals surface area contributed by atoms with E-state index in [1.807, 2.05) is 11.0 Å². The van der Waals surface area contributed by atoms with E-state index in [1.165, 1.54) is 6.07 Å². The van der Waals surface area contributed by atoms with Gasteiger partial charge in [0.05, 0.1) is 11.1 Å². The molecule has 2 fully saturated rings. The van der Waals surface area contributed by atoms with Gasteiger partial charge >= 0.3 is 5.97 Å². The van der Waals surface area contributed by atoms with Gasteiger partial charge in [-0.15, -0.1) is 0 Å². The Hall–Kier alpha value is -1.62. The summed E-state index contributed by atoms with van der Waals surface area (Å²) < 4.78 is 14.7. The number of hydrogen-bond donors (Lipinski definition) is 1. The second-order valence-electron chi connectivity index (χ2n) is 6.90. The lowest BCUT2D eigenvalue weighted by Crippen LogP contribution is -2.45. The maximum absolute atomic E-state index is 14.7. The van der Waals surface area contributed by atoms with Crippen molar-refractivity contribution in [3.8, 4) is 0 Å². The Morgan fingerprint density at radius 3 is 2.35 bits per heavy atom. The molecule has 1 aliphatic carbocycles. The standard InChI is InChI=1S/C18H25FN2O2/c1-20-9-11-21(12-10-20)16-6-5-14(13-15(16)19)18(17(22)23)7-3-2-4-8-18/h5-6,13H,2-4,7-12H2,1H3,(H,22,23). The van der Waals surface area contributed by atoms with E-state index in [1.54, 1.807) is 6.07 Å². The number of anilines is 1. The van der Waals surface area contributed by atoms with E-state index in [4.69, 9.17) is 0 Å². The van der Waals surface area contributed by atoms with Gasteiger partial charge in [-0.05, 0) is 37.6 Å². The van der Waals surface area contributed by atoms with Crippen molar-refractivity contribution >= 4 is 11.7 Å². The van der Waals surface area contributed by atoms with Gasteiger partial charge in [0.1, 0.15) is 5.82 Å². The first-order valence-corrected chi connectivity index (χ1v) is 8.50. The van der Waals surface area contributed by atoms with Crippen LogP contribution in [-0.4, -0.2) is 49.2 Å². The number of nitrogens with zero attached hydrogens (tertiary/aromatic N) is 2. The largest absolute Gasteiger partial charge is 0.481 e. The second kappa shape index (κ2) is 6.48. The second-order valence-corrected chi connectivity index (χ2v) is 6.90. The average Bonchev–Trinajstić information content (AvgIpc) is 2.56. The van der Waals surface area contributed by atoms with Gasteiger partial charge in [0.15, 0.2) is 0 Å². The van der Waals surface area contributed by atoms with E-state index in [0.29, 0.717) is 24.1 Å². The van der Waals surface area contributed by atoms with Crippen LogP contribution < -0.4 is 4.90 Å². The molecule has 0 unspecified atom stereocenters. The minimum absolute atomic E-state index is 0.293. The average molecular weight is 320 g/mol. The number of carboxylic acids is 1. The molecule has 0 bridgehead atoms. The Bertz CT molecular complexity index is 576. The molecule has 1 aromatic carbocycles. The van der Waals surface area contributed by atoms with Crippen LogP contribution in [-0.2, 0) is 10.2 Å². The molecule has 0 radical (unpaired) electrons. The molecule has 4 nitrogen and oxygen atoms in total. The topological polar surface area (TPSA) is 43.8 Å². The van der Waals surface area contributed by atoms with Crippen molar-refractivity contribution < 1.29 is 14.3 Å². The summed E-state index contributed by atoms with van der Waals surface area (Å²) in [6.07, 6.45) is 4.07. The lowest BCUT2D eigenvalue weighted by molar-refractivity contribution is -0.145. The van der Waals surface area contributed by atoms with Crippen LogP contribution in [0.4, 0.5) is 10.1 Å². The highest BCUT2D eigenvalue weighted by atomic mass is 19.1. The van der Waals surface area contributed by atoms with E-state index in [-0.39, 0.29) is 5.82 Å². The van der Waals surface area contributed by atoms with Crippen LogP contribution in [0.15, 0.2) is 18.2 Å². The lowest BCUT2D eigenvalue weighted by Gasteiger charge is -2.36. The summed E-state index contributed by atoms with van der Waals surface area (Å²) in [5.74, 6) is -1.11. The molecule has 1 saturated heterocycles. The van der Waals surface area contributed by atoms with Gasteiger partial charge in [0, 0.05) is 26.2 Å². The molecule has 0 aromatic heterocycles. The number of benzene rings is 1. The molecular formula is C18H25FN2O2. The van der Waals surface area contributed by atoms with E-state index >= 15 is 0 Å². The summed E-state index contributed by atoms with van der Waals surface area (Å²) in [6, 6.07) is 5.07. The summed E-state index contributed by atoms with van der Waals surface area (Å²) in [6.45, 7) is 3.44. The number of likely N-dealkylation sites (N-methyl/N-ethyl adjacent to an activating group) is 1. The summed E-state index contributed by atoms with van der Waals surface area (Å²) >= 11 is 0. The van der Waals surface area contributed by atoms with Crippen molar-refractivity contribution in [3.63, 3.8) is 0 Å². The first-order valence-electron chi connectivity index (χ1n) is 8.50. The zero-order valence-corrected chi connectivity index (χ0v) is 13.7. The number of hydrogen-bond acceptors (Lipinski definition) is 3. The van der Waals surface area contributed by atoms with Crippen molar-refractivity contribution in [3.05, 3.63) is 29.6 Å². The van der Waals surface area contributed by atoms with E-state index in [0.717, 1.165) is 45.4 Å². The Labute approximate surface area is 136 Å². The summed E-state index contributed by atoms with van der Waals surface area (Å²) in [4.78, 5) is 16.1. The van der Waals surface area contributed by atoms with Crippen LogP contribution in [0.3, 0.4) is 0 Å². The van der Waals surface area contributed by atoms with E-state index in [9.17, 15) is 14.3 Å². The maximum atomic E-state index is 14.7. The molecule has 126 valence electrons. The van der Waals surface area contributed by atoms with Crippen LogP contribution in [0.5, 0.6) is 0 Å². The highest BCUT2D eigenvalue weighted by Crippen LogP contribution is 2.41. The Kier molecular flexibility index (Phi) is 4.57. The minimum Gasteiger partial charge on any atom is -0.481 e. The van der Waals surface area contributed by atoms with Crippen LogP contribution in [0.25, 0.3) is 0 Å². The third-order valence-electron chi connectivity index (χ3n) is 5.46. The molecule has 5 heteroatoms. The van der Waals surface area contributed by atoms with Gasteiger partial charge in [-0.2, -0.15) is 0 Å². The fourth-order valence-corrected chi connectivity index (χ4v) is 3.89. The molecule has 3 rings (SSSR count). The molecule has 0 atom stereocenters. The predicted molar refractivity (Wildman–Crippen MR) is 88.5 cm³/mol. The normalized spacial score (nSPS) is 22.1. The molecule has 1 heterocycles. The van der Waals surface area contributed by atoms with Crippen molar-refractivity contribution in [2.45, 2.75) is 37.5 Å². The van der Waals surface area contributed by atoms with Crippen molar-refractivity contribution in [2.75, 3.05) is 38.1 Å². The zero-order valence-electron chi connectivity index (χ0n) is 13.7. The number of halogens is 1. The van der Waals surface area contributed by atoms with E-state index < -0.39 is 11.4 Å². The van der Waals surface area contributed by atoms with Crippen LogP contribution >= 0.6 is 0 Å². The molecule has 0 amide bonds. The van der Waals surface area contributed by atoms with Gasteiger partial charge in [-0.1, -0.05) is 25.3 Å². The molecule has 0 spiro atoms. The fraction of sp³-hybridized carbons (Fsp3) is 0.611. The summed E-state index contributed by atoms with van der Waals surface area (Å²) in [7, 11) is 2.07. The number of aliphatic carboxylic acids is 1. The monoisotopic (exact) mass is 320 g/mol. The molecule has 2 aliphatic rings. The summed E-state index contributed by atoms with van der Waals surface area (Å²) in [5.41, 5.74) is 0.318. The zero-order chi connectivity index (χ0) is 16.4. The Balaban J connectivity index is 1.87. The van der Waals surface area contributed by atoms with Gasteiger partial charge < -0.3 is 14.9 Å². The van der Waals surface area contributed by atoms with Gasteiger partial charge in [-0.25, -0.2) is 4.39 Å². The smallest absolute Gasteiger partial charge is 0.314 e. The third kappa shape index (κ3) is 3.07. The first-order chi connectivity index (χ1) is 11.0. The predicted octanol–water partition coefficient (Wildman–Crippen LogP) is 2.86. The van der Waals surface area contributed by atoms with Crippen LogP contribution in [0.2, 0.25) is 0 Å². The van der Waals surface area contributed by atoms with Gasteiger partial charge in [0.25, 0.3) is 0 Å². The molecule has 23 heavy (non-hydrogen) atoms. The van der Waals surface area contributed by atoms with E-state index in [2.05, 4.69) is 11.9 Å². The SMILES string of the molecule is CN1CCN(c2ccc(C3(C(=O)O)CCCCC3)cc2F)CC1. The highest BCUT2D eigenvalue weighted by Gasteiger charge is 2.41. The maximum Gasteiger partial charge on any atom is 0.314 e. The molecular weight excluding hydrogens is 295 g/mol. The summed E-state index contributed by atoms with van der Waals surface area (Å²) in [5, 5.41) is 9.74. The highest BCUT2D eigenvalue weighted by molar-refractivity contribution is 5.81. The van der Waals surface area contributed by atoms with Gasteiger partial charge in [-0.3, -0.25) is 4.79 Å². The molecule has 1 N–H and O–H groups in total. The third-order valence-corrected chi connectivity index (χ3v) is 5.46. The fourth-order valence-electron chi connectivity index (χ4n) is 3.89. The molecule has 1 saturated carbocycles. The molecule has 1 aliphatic heterocycles. The van der Waals surface area contributed by atoms with Crippen LogP contribution in [0.1, 0.15) is 37.7 Å². The van der Waals surface area contributed by atoms with Gasteiger partial charge in [0.2, 0.25) is 0 Å². The Morgan fingerprint density at radius 1 is 1.13 bits per heavy atom. The minimum atomic E-state index is -0.903. The number of rotatable bonds is 3. The van der Waals surface area contributed by atoms with Crippen molar-refractivity contribution in [1.82, 2.24) is 4.90 Å². The first kappa shape index (κ1) is 16.2. The number of carbonyl (C=O) groups is 1. The number of piperazine rings is 1. The lowest BCUT2D eigenvalue weighted by atomic mass is 9.69. The number of carboxylic acid groups (broad SMARTS) is 1. The molecule has 1 aromatic rings. The van der Waals surface area contributed by atoms with Crippen molar-refractivity contribution in [2.24, 2.45) is 0 Å². The van der Waals surface area contributed by atoms with Crippen molar-refractivity contribution in [1.29, 1.82) is 0 Å².